The number of piperazine rings is 1. The number of hydrogen-bond acceptors (Lipinski definition) is 6. The topological polar surface area (TPSA) is 83.1 Å². The molecule has 0 radical (unpaired) electrons. The van der Waals surface area contributed by atoms with Gasteiger partial charge in [-0.15, -0.1) is 0 Å². The Kier molecular flexibility index (Phi) is 9.19. The van der Waals surface area contributed by atoms with Crippen molar-refractivity contribution in [3.63, 3.8) is 0 Å². The fraction of sp³-hybridized carbons (Fsp3) is 0.417. The summed E-state index contributed by atoms with van der Waals surface area (Å²) in [7, 11) is 0. The van der Waals surface area contributed by atoms with Gasteiger partial charge in [0.15, 0.2) is 0 Å². The maximum absolute atomic E-state index is 12.1. The molecule has 1 aliphatic heterocycles. The fourth-order valence-electron chi connectivity index (χ4n) is 3.45. The zero-order valence-electron chi connectivity index (χ0n) is 18.6. The maximum atomic E-state index is 12.1. The van der Waals surface area contributed by atoms with Gasteiger partial charge in [0.2, 0.25) is 11.8 Å². The number of nitrogens with one attached hydrogen (secondary N) is 2. The van der Waals surface area contributed by atoms with Crippen LogP contribution in [0.2, 0.25) is 0 Å². The Morgan fingerprint density at radius 2 is 1.41 bits per heavy atom. The molecule has 2 aromatic rings. The first-order valence-electron chi connectivity index (χ1n) is 11.1. The van der Waals surface area contributed by atoms with Crippen LogP contribution >= 0.6 is 0 Å². The van der Waals surface area contributed by atoms with Crippen molar-refractivity contribution in [2.24, 2.45) is 0 Å². The molecule has 32 heavy (non-hydrogen) atoms. The van der Waals surface area contributed by atoms with E-state index in [-0.39, 0.29) is 24.8 Å². The van der Waals surface area contributed by atoms with Crippen molar-refractivity contribution in [3.8, 4) is 11.5 Å². The van der Waals surface area contributed by atoms with Crippen LogP contribution < -0.4 is 25.2 Å². The van der Waals surface area contributed by atoms with Crippen LogP contribution in [0.15, 0.2) is 54.6 Å². The lowest BCUT2D eigenvalue weighted by Crippen LogP contribution is -2.48. The van der Waals surface area contributed by atoms with E-state index in [4.69, 9.17) is 9.47 Å². The molecular weight excluding hydrogens is 408 g/mol. The Labute approximate surface area is 189 Å². The molecule has 0 bridgehead atoms. The number of benzene rings is 2. The Bertz CT molecular complexity index is 837. The average Bonchev–Trinajstić information content (AvgIpc) is 2.83. The molecule has 0 aromatic heterocycles. The lowest BCUT2D eigenvalue weighted by molar-refractivity contribution is -0.129. The van der Waals surface area contributed by atoms with E-state index < -0.39 is 0 Å². The fourth-order valence-corrected chi connectivity index (χ4v) is 3.45. The number of hydrogen-bond donors (Lipinski definition) is 2. The number of carbonyl (C=O) groups is 2. The molecular formula is C24H32N4O4. The Morgan fingerprint density at radius 3 is 2.03 bits per heavy atom. The first-order chi connectivity index (χ1) is 15.6. The molecule has 2 N–H and O–H groups in total. The summed E-state index contributed by atoms with van der Waals surface area (Å²) in [5.74, 6) is 0.952. The van der Waals surface area contributed by atoms with Crippen LogP contribution in [-0.2, 0) is 9.59 Å². The smallest absolute Gasteiger partial charge is 0.241 e. The van der Waals surface area contributed by atoms with Crippen molar-refractivity contribution < 1.29 is 19.1 Å². The molecule has 1 saturated heterocycles. The van der Waals surface area contributed by atoms with Crippen molar-refractivity contribution in [1.82, 2.24) is 15.8 Å². The predicted octanol–water partition coefficient (Wildman–Crippen LogP) is 2.21. The molecule has 8 nitrogen and oxygen atoms in total. The number of hydrazine groups is 1. The lowest BCUT2D eigenvalue weighted by Gasteiger charge is -2.36. The highest BCUT2D eigenvalue weighted by Crippen LogP contribution is 2.17. The summed E-state index contributed by atoms with van der Waals surface area (Å²) in [6.07, 6.45) is 0.489. The zero-order chi connectivity index (χ0) is 22.6. The van der Waals surface area contributed by atoms with Gasteiger partial charge in [0.05, 0.1) is 19.6 Å². The molecule has 1 aliphatic rings. The summed E-state index contributed by atoms with van der Waals surface area (Å²) in [6.45, 7) is 7.14. The summed E-state index contributed by atoms with van der Waals surface area (Å²) in [5.41, 5.74) is 6.16. The van der Waals surface area contributed by atoms with E-state index in [1.54, 1.807) is 12.1 Å². The minimum absolute atomic E-state index is 0.148. The van der Waals surface area contributed by atoms with Gasteiger partial charge in [0.1, 0.15) is 11.5 Å². The third-order valence-electron chi connectivity index (χ3n) is 5.22. The highest BCUT2D eigenvalue weighted by molar-refractivity contribution is 5.82. The van der Waals surface area contributed by atoms with Gasteiger partial charge in [-0.25, -0.2) is 0 Å². The van der Waals surface area contributed by atoms with Gasteiger partial charge >= 0.3 is 0 Å². The van der Waals surface area contributed by atoms with E-state index in [0.29, 0.717) is 25.3 Å². The molecule has 0 unspecified atom stereocenters. The second-order valence-corrected chi connectivity index (χ2v) is 7.51. The van der Waals surface area contributed by atoms with Crippen LogP contribution in [-0.4, -0.2) is 62.7 Å². The maximum Gasteiger partial charge on any atom is 0.241 e. The van der Waals surface area contributed by atoms with Crippen LogP contribution in [0, 0.1) is 0 Å². The van der Waals surface area contributed by atoms with E-state index >= 15 is 0 Å². The van der Waals surface area contributed by atoms with Crippen LogP contribution in [0.3, 0.4) is 0 Å². The SMILES string of the molecule is CCOc1ccc(OCCC(=O)NNC(=O)CCN2CCN(c3ccccc3)CC2)cc1. The van der Waals surface area contributed by atoms with Crippen molar-refractivity contribution >= 4 is 17.5 Å². The van der Waals surface area contributed by atoms with Gasteiger partial charge in [0, 0.05) is 44.8 Å². The largest absolute Gasteiger partial charge is 0.494 e. The molecule has 0 aliphatic carbocycles. The molecule has 0 spiro atoms. The Hall–Kier alpha value is -3.26. The van der Waals surface area contributed by atoms with Crippen LogP contribution in [0.4, 0.5) is 5.69 Å². The molecule has 172 valence electrons. The third-order valence-corrected chi connectivity index (χ3v) is 5.22. The number of ether oxygens (including phenoxy) is 2. The first-order valence-corrected chi connectivity index (χ1v) is 11.1. The van der Waals surface area contributed by atoms with Gasteiger partial charge in [-0.3, -0.25) is 25.3 Å². The van der Waals surface area contributed by atoms with Gasteiger partial charge in [-0.05, 0) is 43.3 Å². The molecule has 1 fully saturated rings. The van der Waals surface area contributed by atoms with Crippen molar-refractivity contribution in [2.75, 3.05) is 50.8 Å². The number of amides is 2. The number of carbonyl (C=O) groups excluding carboxylic acids is 2. The van der Waals surface area contributed by atoms with Crippen molar-refractivity contribution in [1.29, 1.82) is 0 Å². The highest BCUT2D eigenvalue weighted by atomic mass is 16.5. The van der Waals surface area contributed by atoms with Crippen LogP contribution in [0.25, 0.3) is 0 Å². The summed E-state index contributed by atoms with van der Waals surface area (Å²) in [4.78, 5) is 28.6. The van der Waals surface area contributed by atoms with Crippen molar-refractivity contribution in [3.05, 3.63) is 54.6 Å². The van der Waals surface area contributed by atoms with Crippen LogP contribution in [0.1, 0.15) is 19.8 Å². The molecule has 2 amide bonds. The zero-order valence-corrected chi connectivity index (χ0v) is 18.6. The quantitative estimate of drug-likeness (QED) is 0.552. The third kappa shape index (κ3) is 7.77. The first kappa shape index (κ1) is 23.4. The summed E-state index contributed by atoms with van der Waals surface area (Å²) >= 11 is 0. The van der Waals surface area contributed by atoms with Gasteiger partial charge in [-0.2, -0.15) is 0 Å². The molecule has 0 atom stereocenters. The standard InChI is InChI=1S/C24H32N4O4/c1-2-31-21-8-10-22(11-9-21)32-19-13-24(30)26-25-23(29)12-14-27-15-17-28(18-16-27)20-6-4-3-5-7-20/h3-11H,2,12-19H2,1H3,(H,25,29)(H,26,30). The minimum atomic E-state index is -0.291. The molecule has 2 aromatic carbocycles. The van der Waals surface area contributed by atoms with E-state index in [1.165, 1.54) is 5.69 Å². The van der Waals surface area contributed by atoms with E-state index in [1.807, 2.05) is 37.3 Å². The second-order valence-electron chi connectivity index (χ2n) is 7.51. The summed E-state index contributed by atoms with van der Waals surface area (Å²) in [5, 5.41) is 0. The van der Waals surface area contributed by atoms with Gasteiger partial charge < -0.3 is 14.4 Å². The summed E-state index contributed by atoms with van der Waals surface area (Å²) < 4.78 is 10.9. The van der Waals surface area contributed by atoms with Gasteiger partial charge in [-0.1, -0.05) is 18.2 Å². The van der Waals surface area contributed by atoms with E-state index in [2.05, 4.69) is 32.8 Å². The van der Waals surface area contributed by atoms with E-state index in [9.17, 15) is 9.59 Å². The second kappa shape index (κ2) is 12.6. The number of rotatable bonds is 10. The number of nitrogens with zero attached hydrogens (tertiary/aromatic N) is 2. The normalized spacial score (nSPS) is 14.0. The molecule has 3 rings (SSSR count). The highest BCUT2D eigenvalue weighted by Gasteiger charge is 2.17. The molecule has 0 saturated carbocycles. The predicted molar refractivity (Wildman–Crippen MR) is 124 cm³/mol. The Morgan fingerprint density at radius 1 is 0.812 bits per heavy atom. The molecule has 1 heterocycles. The van der Waals surface area contributed by atoms with E-state index in [0.717, 1.165) is 31.9 Å². The summed E-state index contributed by atoms with van der Waals surface area (Å²) in [6, 6.07) is 17.6. The van der Waals surface area contributed by atoms with Gasteiger partial charge in [0.25, 0.3) is 0 Å². The lowest BCUT2D eigenvalue weighted by atomic mass is 10.2. The monoisotopic (exact) mass is 440 g/mol. The van der Waals surface area contributed by atoms with Crippen molar-refractivity contribution in [2.45, 2.75) is 19.8 Å². The minimum Gasteiger partial charge on any atom is -0.494 e. The number of para-hydroxylation sites is 1. The average molecular weight is 441 g/mol. The number of anilines is 1. The van der Waals surface area contributed by atoms with Crippen LogP contribution in [0.5, 0.6) is 11.5 Å². The Balaban J connectivity index is 1.24. The molecule has 8 heteroatoms.